The van der Waals surface area contributed by atoms with Gasteiger partial charge in [0.15, 0.2) is 5.78 Å². The maximum absolute atomic E-state index is 11.9. The number of hydrogen-bond donors (Lipinski definition) is 0. The van der Waals surface area contributed by atoms with Gasteiger partial charge < -0.3 is 4.74 Å². The first-order valence-corrected chi connectivity index (χ1v) is 7.68. The lowest BCUT2D eigenvalue weighted by Crippen LogP contribution is -2.12. The van der Waals surface area contributed by atoms with Crippen molar-refractivity contribution in [3.63, 3.8) is 0 Å². The molecule has 0 spiro atoms. The van der Waals surface area contributed by atoms with Crippen LogP contribution in [0, 0.1) is 0 Å². The number of hydrogen-bond acceptors (Lipinski definition) is 4. The largest absolute Gasteiger partial charge is 0.462 e. The highest BCUT2D eigenvalue weighted by Gasteiger charge is 2.16. The van der Waals surface area contributed by atoms with Crippen LogP contribution in [0.15, 0.2) is 23.1 Å². The van der Waals surface area contributed by atoms with E-state index in [0.717, 1.165) is 4.90 Å². The van der Waals surface area contributed by atoms with Crippen LogP contribution in [0.1, 0.15) is 34.6 Å². The number of rotatable bonds is 5. The molecule has 0 bridgehead atoms. The number of benzene rings is 1. The molecule has 0 saturated heterocycles. The molecule has 0 aliphatic carbocycles. The summed E-state index contributed by atoms with van der Waals surface area (Å²) in [6, 6.07) is 5.10. The molecule has 0 aromatic heterocycles. The maximum Gasteiger partial charge on any atom is 0.338 e. The Labute approximate surface area is 119 Å². The van der Waals surface area contributed by atoms with Crippen LogP contribution in [0.5, 0.6) is 0 Å². The van der Waals surface area contributed by atoms with E-state index in [1.807, 2.05) is 6.26 Å². The van der Waals surface area contributed by atoms with Gasteiger partial charge in [-0.25, -0.2) is 4.79 Å². The second kappa shape index (κ2) is 6.95. The minimum Gasteiger partial charge on any atom is -0.462 e. The first-order valence-electron chi connectivity index (χ1n) is 5.54. The Morgan fingerprint density at radius 2 is 1.94 bits per heavy atom. The number of thioether (sulfide) groups is 1. The van der Waals surface area contributed by atoms with E-state index < -0.39 is 5.97 Å². The van der Waals surface area contributed by atoms with Crippen molar-refractivity contribution in [2.45, 2.75) is 23.6 Å². The summed E-state index contributed by atoms with van der Waals surface area (Å²) >= 11 is 4.73. The lowest BCUT2D eigenvalue weighted by atomic mass is 10.1. The SMILES string of the molecule is CCOC(=O)c1cc(SC)cc(C(=O)C(C)Br)c1. The third kappa shape index (κ3) is 3.85. The number of halogens is 1. The van der Waals surface area contributed by atoms with Gasteiger partial charge in [0, 0.05) is 10.5 Å². The van der Waals surface area contributed by atoms with Gasteiger partial charge in [-0.1, -0.05) is 15.9 Å². The quantitative estimate of drug-likeness (QED) is 0.358. The number of esters is 1. The zero-order chi connectivity index (χ0) is 13.7. The first kappa shape index (κ1) is 15.2. The average molecular weight is 331 g/mol. The molecule has 1 aromatic rings. The molecule has 5 heteroatoms. The van der Waals surface area contributed by atoms with Crippen LogP contribution in [-0.2, 0) is 4.74 Å². The fraction of sp³-hybridized carbons (Fsp3) is 0.385. The number of alkyl halides is 1. The number of carbonyl (C=O) groups excluding carboxylic acids is 2. The van der Waals surface area contributed by atoms with E-state index in [4.69, 9.17) is 4.74 Å². The summed E-state index contributed by atoms with van der Waals surface area (Å²) < 4.78 is 4.95. The normalized spacial score (nSPS) is 12.0. The lowest BCUT2D eigenvalue weighted by molar-refractivity contribution is 0.0526. The molecule has 1 atom stereocenters. The Kier molecular flexibility index (Phi) is 5.88. The molecular formula is C13H15BrO3S. The smallest absolute Gasteiger partial charge is 0.338 e. The molecule has 1 rings (SSSR count). The Morgan fingerprint density at radius 1 is 1.33 bits per heavy atom. The van der Waals surface area contributed by atoms with Gasteiger partial charge in [-0.05, 0) is 38.3 Å². The fourth-order valence-corrected chi connectivity index (χ4v) is 2.18. The van der Waals surface area contributed by atoms with Gasteiger partial charge >= 0.3 is 5.97 Å². The van der Waals surface area contributed by atoms with Crippen LogP contribution in [0.2, 0.25) is 0 Å². The maximum atomic E-state index is 11.9. The molecule has 0 N–H and O–H groups in total. The number of Topliss-reactive ketones (excluding diaryl/α,β-unsaturated/α-hetero) is 1. The van der Waals surface area contributed by atoms with Crippen molar-refractivity contribution in [2.75, 3.05) is 12.9 Å². The summed E-state index contributed by atoms with van der Waals surface area (Å²) in [6.07, 6.45) is 1.90. The molecule has 0 amide bonds. The molecule has 18 heavy (non-hydrogen) atoms. The summed E-state index contributed by atoms with van der Waals surface area (Å²) in [7, 11) is 0. The van der Waals surface area contributed by atoms with Crippen LogP contribution >= 0.6 is 27.7 Å². The Bertz CT molecular complexity index is 458. The molecule has 1 aromatic carbocycles. The average Bonchev–Trinajstić information content (AvgIpc) is 2.37. The van der Waals surface area contributed by atoms with Crippen molar-refractivity contribution in [3.8, 4) is 0 Å². The van der Waals surface area contributed by atoms with E-state index in [2.05, 4.69) is 15.9 Å². The highest BCUT2D eigenvalue weighted by molar-refractivity contribution is 9.10. The van der Waals surface area contributed by atoms with E-state index >= 15 is 0 Å². The van der Waals surface area contributed by atoms with Crippen molar-refractivity contribution in [1.82, 2.24) is 0 Å². The van der Waals surface area contributed by atoms with Crippen molar-refractivity contribution < 1.29 is 14.3 Å². The van der Waals surface area contributed by atoms with Gasteiger partial charge in [0.2, 0.25) is 0 Å². The molecule has 3 nitrogen and oxygen atoms in total. The highest BCUT2D eigenvalue weighted by atomic mass is 79.9. The minimum absolute atomic E-state index is 0.0450. The Balaban J connectivity index is 3.17. The standard InChI is InChI=1S/C13H15BrO3S/c1-4-17-13(16)10-5-9(12(15)8(2)14)6-11(7-10)18-3/h5-8H,4H2,1-3H3. The molecule has 0 aliphatic rings. The van der Waals surface area contributed by atoms with Crippen LogP contribution in [0.4, 0.5) is 0 Å². The monoisotopic (exact) mass is 330 g/mol. The van der Waals surface area contributed by atoms with E-state index in [0.29, 0.717) is 17.7 Å². The molecule has 0 radical (unpaired) electrons. The van der Waals surface area contributed by atoms with Crippen molar-refractivity contribution >= 4 is 39.4 Å². The van der Waals surface area contributed by atoms with E-state index in [9.17, 15) is 9.59 Å². The predicted octanol–water partition coefficient (Wildman–Crippen LogP) is 3.55. The number of ketones is 1. The van der Waals surface area contributed by atoms with Crippen molar-refractivity contribution in [3.05, 3.63) is 29.3 Å². The molecule has 0 saturated carbocycles. The van der Waals surface area contributed by atoms with Crippen molar-refractivity contribution in [1.29, 1.82) is 0 Å². The minimum atomic E-state index is -0.398. The molecule has 98 valence electrons. The van der Waals surface area contributed by atoms with Gasteiger partial charge in [-0.2, -0.15) is 0 Å². The fourth-order valence-electron chi connectivity index (χ4n) is 1.42. The van der Waals surface area contributed by atoms with Crippen LogP contribution in [0.3, 0.4) is 0 Å². The first-order chi connectivity index (χ1) is 8.49. The summed E-state index contributed by atoms with van der Waals surface area (Å²) in [6.45, 7) is 3.83. The molecule has 0 heterocycles. The highest BCUT2D eigenvalue weighted by Crippen LogP contribution is 2.22. The summed E-state index contributed by atoms with van der Waals surface area (Å²) in [5.74, 6) is -0.443. The van der Waals surface area contributed by atoms with Gasteiger partial charge in [-0.3, -0.25) is 4.79 Å². The van der Waals surface area contributed by atoms with Crippen molar-refractivity contribution in [2.24, 2.45) is 0 Å². The van der Waals surface area contributed by atoms with Gasteiger partial charge in [-0.15, -0.1) is 11.8 Å². The van der Waals surface area contributed by atoms with Gasteiger partial charge in [0.05, 0.1) is 17.0 Å². The molecule has 0 fully saturated rings. The second-order valence-corrected chi connectivity index (χ2v) is 5.90. The summed E-state index contributed by atoms with van der Waals surface area (Å²) in [4.78, 5) is 24.2. The zero-order valence-electron chi connectivity index (χ0n) is 10.5. The van der Waals surface area contributed by atoms with Crippen LogP contribution in [-0.4, -0.2) is 29.4 Å². The second-order valence-electron chi connectivity index (χ2n) is 3.65. The van der Waals surface area contributed by atoms with Crippen LogP contribution in [0.25, 0.3) is 0 Å². The van der Waals surface area contributed by atoms with E-state index in [1.54, 1.807) is 32.0 Å². The zero-order valence-corrected chi connectivity index (χ0v) is 12.9. The number of carbonyl (C=O) groups is 2. The predicted molar refractivity (Wildman–Crippen MR) is 76.9 cm³/mol. The molecule has 0 aliphatic heterocycles. The summed E-state index contributed by atoms with van der Waals surface area (Å²) in [5.41, 5.74) is 0.939. The summed E-state index contributed by atoms with van der Waals surface area (Å²) in [5, 5.41) is 0. The van der Waals surface area contributed by atoms with Gasteiger partial charge in [0.1, 0.15) is 0 Å². The molecule has 1 unspecified atom stereocenters. The van der Waals surface area contributed by atoms with Gasteiger partial charge in [0.25, 0.3) is 0 Å². The lowest BCUT2D eigenvalue weighted by Gasteiger charge is -2.08. The third-order valence-corrected chi connectivity index (χ3v) is 3.42. The topological polar surface area (TPSA) is 43.4 Å². The van der Waals surface area contributed by atoms with Crippen LogP contribution < -0.4 is 0 Å². The third-order valence-electron chi connectivity index (χ3n) is 2.30. The van der Waals surface area contributed by atoms with E-state index in [-0.39, 0.29) is 10.6 Å². The Morgan fingerprint density at radius 3 is 2.44 bits per heavy atom. The van der Waals surface area contributed by atoms with E-state index in [1.165, 1.54) is 11.8 Å². The molecular weight excluding hydrogens is 316 g/mol. The Hall–Kier alpha value is -0.810. The number of ether oxygens (including phenoxy) is 1.